The van der Waals surface area contributed by atoms with E-state index in [2.05, 4.69) is 12.2 Å². The Bertz CT molecular complexity index is 532. The van der Waals surface area contributed by atoms with Gasteiger partial charge in [0.15, 0.2) is 23.1 Å². The van der Waals surface area contributed by atoms with Crippen LogP contribution < -0.4 is 14.8 Å². The van der Waals surface area contributed by atoms with Crippen molar-refractivity contribution < 1.29 is 23.4 Å². The van der Waals surface area contributed by atoms with E-state index in [1.54, 1.807) is 0 Å². The fourth-order valence-electron chi connectivity index (χ4n) is 3.47. The predicted octanol–water partition coefficient (Wildman–Crippen LogP) is 3.59. The normalized spacial score (nSPS) is 21.8. The van der Waals surface area contributed by atoms with Crippen molar-refractivity contribution >= 4 is 0 Å². The summed E-state index contributed by atoms with van der Waals surface area (Å²) < 4.78 is 38.6. The quantitative estimate of drug-likeness (QED) is 0.747. The number of benzene rings is 1. The van der Waals surface area contributed by atoms with Gasteiger partial charge in [-0.05, 0) is 51.9 Å². The highest BCUT2D eigenvalue weighted by Gasteiger charge is 2.22. The van der Waals surface area contributed by atoms with Crippen molar-refractivity contribution in [3.8, 4) is 11.5 Å². The molecule has 0 amide bonds. The van der Waals surface area contributed by atoms with E-state index in [0.717, 1.165) is 32.1 Å². The lowest BCUT2D eigenvalue weighted by atomic mass is 9.92. The van der Waals surface area contributed by atoms with E-state index < -0.39 is 11.6 Å². The van der Waals surface area contributed by atoms with Gasteiger partial charge in [-0.2, -0.15) is 0 Å². The van der Waals surface area contributed by atoms with Gasteiger partial charge in [0, 0.05) is 23.7 Å². The largest absolute Gasteiger partial charge is 0.494 e. The van der Waals surface area contributed by atoms with E-state index in [0.29, 0.717) is 18.9 Å². The van der Waals surface area contributed by atoms with Crippen LogP contribution >= 0.6 is 0 Å². The number of nitrogens with one attached hydrogen (secondary N) is 1. The van der Waals surface area contributed by atoms with Crippen LogP contribution in [0.15, 0.2) is 6.07 Å². The van der Waals surface area contributed by atoms with Gasteiger partial charge in [0.25, 0.3) is 0 Å². The Morgan fingerprint density at radius 2 is 1.68 bits per heavy atom. The first-order valence-electron chi connectivity index (χ1n) is 8.99. The summed E-state index contributed by atoms with van der Waals surface area (Å²) in [6.07, 6.45) is 5.23. The van der Waals surface area contributed by atoms with Gasteiger partial charge in [0.05, 0.1) is 20.3 Å². The smallest absolute Gasteiger partial charge is 0.171 e. The van der Waals surface area contributed by atoms with Crippen LogP contribution in [-0.2, 0) is 6.42 Å². The van der Waals surface area contributed by atoms with Crippen LogP contribution in [0.25, 0.3) is 0 Å². The third-order valence-electron chi connectivity index (χ3n) is 4.95. The summed E-state index contributed by atoms with van der Waals surface area (Å²) in [6.45, 7) is 2.09. The molecule has 2 rings (SSSR count). The molecule has 0 spiro atoms. The number of hydrogen-bond donors (Lipinski definition) is 2. The molecule has 25 heavy (non-hydrogen) atoms. The molecule has 142 valence electrons. The number of aliphatic hydroxyl groups excluding tert-OH is 1. The average molecular weight is 357 g/mol. The molecule has 1 aromatic carbocycles. The van der Waals surface area contributed by atoms with E-state index in [9.17, 15) is 13.9 Å². The summed E-state index contributed by atoms with van der Waals surface area (Å²) in [5.41, 5.74) is 0.0178. The molecule has 0 saturated heterocycles. The van der Waals surface area contributed by atoms with Gasteiger partial charge < -0.3 is 19.9 Å². The zero-order valence-corrected chi connectivity index (χ0v) is 15.3. The van der Waals surface area contributed by atoms with Crippen molar-refractivity contribution in [2.75, 3.05) is 14.2 Å². The maximum absolute atomic E-state index is 14.3. The van der Waals surface area contributed by atoms with E-state index in [-0.39, 0.29) is 29.2 Å². The van der Waals surface area contributed by atoms with Crippen LogP contribution in [0.2, 0.25) is 0 Å². The molecule has 1 aliphatic rings. The van der Waals surface area contributed by atoms with Crippen LogP contribution in [-0.4, -0.2) is 37.5 Å². The molecule has 1 saturated carbocycles. The van der Waals surface area contributed by atoms with E-state index >= 15 is 0 Å². The fourth-order valence-corrected chi connectivity index (χ4v) is 3.47. The van der Waals surface area contributed by atoms with Gasteiger partial charge >= 0.3 is 0 Å². The predicted molar refractivity (Wildman–Crippen MR) is 93.3 cm³/mol. The highest BCUT2D eigenvalue weighted by atomic mass is 19.1. The zero-order chi connectivity index (χ0) is 18.4. The van der Waals surface area contributed by atoms with Gasteiger partial charge in [-0.25, -0.2) is 8.78 Å². The van der Waals surface area contributed by atoms with Crippen molar-refractivity contribution in [2.24, 2.45) is 0 Å². The topological polar surface area (TPSA) is 50.7 Å². The van der Waals surface area contributed by atoms with Crippen LogP contribution in [0.3, 0.4) is 0 Å². The van der Waals surface area contributed by atoms with Crippen LogP contribution in [0.1, 0.15) is 51.0 Å². The summed E-state index contributed by atoms with van der Waals surface area (Å²) in [6, 6.07) is 1.92. The summed E-state index contributed by atoms with van der Waals surface area (Å²) in [5, 5.41) is 13.1. The molecule has 0 radical (unpaired) electrons. The maximum atomic E-state index is 14.3. The Hall–Kier alpha value is -1.40. The SMILES string of the molecule is COc1cc(OC)c(F)c(CCCC(C)NC2CCC(O)CC2)c1F. The van der Waals surface area contributed by atoms with E-state index in [4.69, 9.17) is 9.47 Å². The van der Waals surface area contributed by atoms with Crippen molar-refractivity contribution in [3.05, 3.63) is 23.3 Å². The number of halogens is 2. The standard InChI is InChI=1S/C19H29F2NO3/c1-12(22-13-7-9-14(23)10-8-13)5-4-6-15-18(20)16(24-2)11-17(25-3)19(15)21/h11-14,22-23H,4-10H2,1-3H3. The van der Waals surface area contributed by atoms with E-state index in [1.807, 2.05) is 0 Å². The van der Waals surface area contributed by atoms with Crippen molar-refractivity contribution in [1.29, 1.82) is 0 Å². The summed E-state index contributed by atoms with van der Waals surface area (Å²) in [4.78, 5) is 0. The van der Waals surface area contributed by atoms with Crippen molar-refractivity contribution in [3.63, 3.8) is 0 Å². The summed E-state index contributed by atoms with van der Waals surface area (Å²) in [7, 11) is 2.71. The molecule has 1 unspecified atom stereocenters. The third-order valence-corrected chi connectivity index (χ3v) is 4.95. The number of rotatable bonds is 8. The summed E-state index contributed by atoms with van der Waals surface area (Å²) in [5.74, 6) is -1.30. The summed E-state index contributed by atoms with van der Waals surface area (Å²) >= 11 is 0. The second-order valence-corrected chi connectivity index (χ2v) is 6.85. The molecule has 2 N–H and O–H groups in total. The molecule has 6 heteroatoms. The van der Waals surface area contributed by atoms with Crippen LogP contribution in [0, 0.1) is 11.6 Å². The highest BCUT2D eigenvalue weighted by molar-refractivity contribution is 5.41. The minimum Gasteiger partial charge on any atom is -0.494 e. The molecule has 1 aliphatic carbocycles. The first-order valence-corrected chi connectivity index (χ1v) is 8.99. The fraction of sp³-hybridized carbons (Fsp3) is 0.684. The number of hydrogen-bond acceptors (Lipinski definition) is 4. The lowest BCUT2D eigenvalue weighted by Gasteiger charge is -2.29. The average Bonchev–Trinajstić information content (AvgIpc) is 2.60. The van der Waals surface area contributed by atoms with Gasteiger partial charge in [0.2, 0.25) is 0 Å². The Kier molecular flexibility index (Phi) is 7.44. The molecule has 0 heterocycles. The maximum Gasteiger partial charge on any atom is 0.171 e. The van der Waals surface area contributed by atoms with Crippen LogP contribution in [0.5, 0.6) is 11.5 Å². The molecule has 1 fully saturated rings. The highest BCUT2D eigenvalue weighted by Crippen LogP contribution is 2.32. The lowest BCUT2D eigenvalue weighted by molar-refractivity contribution is 0.114. The lowest BCUT2D eigenvalue weighted by Crippen LogP contribution is -2.39. The molecular weight excluding hydrogens is 328 g/mol. The number of aliphatic hydroxyl groups is 1. The Labute approximate surface area is 148 Å². The zero-order valence-electron chi connectivity index (χ0n) is 15.3. The van der Waals surface area contributed by atoms with Gasteiger partial charge in [-0.15, -0.1) is 0 Å². The van der Waals surface area contributed by atoms with Gasteiger partial charge in [-0.1, -0.05) is 0 Å². The monoisotopic (exact) mass is 357 g/mol. The molecular formula is C19H29F2NO3. The first-order chi connectivity index (χ1) is 12.0. The molecule has 0 aliphatic heterocycles. The molecule has 0 aromatic heterocycles. The molecule has 1 aromatic rings. The van der Waals surface area contributed by atoms with Gasteiger partial charge in [0.1, 0.15) is 0 Å². The second kappa shape index (κ2) is 9.34. The Morgan fingerprint density at radius 3 is 2.20 bits per heavy atom. The van der Waals surface area contributed by atoms with E-state index in [1.165, 1.54) is 20.3 Å². The Morgan fingerprint density at radius 1 is 1.12 bits per heavy atom. The number of ether oxygens (including phenoxy) is 2. The third kappa shape index (κ3) is 5.28. The second-order valence-electron chi connectivity index (χ2n) is 6.85. The van der Waals surface area contributed by atoms with Crippen LogP contribution in [0.4, 0.5) is 8.78 Å². The van der Waals surface area contributed by atoms with Crippen molar-refractivity contribution in [2.45, 2.75) is 70.1 Å². The Balaban J connectivity index is 1.88. The number of methoxy groups -OCH3 is 2. The van der Waals surface area contributed by atoms with Crippen molar-refractivity contribution in [1.82, 2.24) is 5.32 Å². The molecule has 4 nitrogen and oxygen atoms in total. The first kappa shape index (κ1) is 19.9. The molecule has 1 atom stereocenters. The minimum atomic E-state index is -0.650. The van der Waals surface area contributed by atoms with Gasteiger partial charge in [-0.3, -0.25) is 0 Å². The minimum absolute atomic E-state index is 0.000173. The molecule has 0 bridgehead atoms.